The van der Waals surface area contributed by atoms with Gasteiger partial charge in [0.05, 0.1) is 15.9 Å². The number of nitro groups is 1. The third-order valence-corrected chi connectivity index (χ3v) is 3.43. The summed E-state index contributed by atoms with van der Waals surface area (Å²) < 4.78 is 15.2. The lowest BCUT2D eigenvalue weighted by Gasteiger charge is -2.04. The van der Waals surface area contributed by atoms with Crippen molar-refractivity contribution in [2.24, 2.45) is 7.05 Å². The summed E-state index contributed by atoms with van der Waals surface area (Å²) in [5.41, 5.74) is -1.38. The highest BCUT2D eigenvalue weighted by molar-refractivity contribution is 7.99. The van der Waals surface area contributed by atoms with E-state index in [0.29, 0.717) is 11.2 Å². The highest BCUT2D eigenvalue weighted by Gasteiger charge is 2.24. The van der Waals surface area contributed by atoms with E-state index in [-0.39, 0.29) is 4.90 Å². The molecule has 0 unspecified atom stereocenters. The van der Waals surface area contributed by atoms with Crippen LogP contribution in [0.1, 0.15) is 10.4 Å². The van der Waals surface area contributed by atoms with Gasteiger partial charge in [-0.15, -0.1) is 0 Å². The van der Waals surface area contributed by atoms with Gasteiger partial charge in [-0.2, -0.15) is 5.10 Å². The molecular formula is C10H7FN4O4S. The summed E-state index contributed by atoms with van der Waals surface area (Å²) in [6.45, 7) is 0. The maximum Gasteiger partial charge on any atom is 0.342 e. The van der Waals surface area contributed by atoms with E-state index in [2.05, 4.69) is 10.1 Å². The summed E-state index contributed by atoms with van der Waals surface area (Å²) in [4.78, 5) is 24.5. The van der Waals surface area contributed by atoms with Crippen LogP contribution >= 0.6 is 11.8 Å². The highest BCUT2D eigenvalue weighted by atomic mass is 32.2. The van der Waals surface area contributed by atoms with Crippen LogP contribution in [0.3, 0.4) is 0 Å². The van der Waals surface area contributed by atoms with Gasteiger partial charge < -0.3 is 5.11 Å². The van der Waals surface area contributed by atoms with Gasteiger partial charge in [-0.1, -0.05) is 0 Å². The molecule has 1 aromatic carbocycles. The second kappa shape index (κ2) is 5.25. The Kier molecular flexibility index (Phi) is 3.66. The molecule has 8 nitrogen and oxygen atoms in total. The molecule has 0 aliphatic carbocycles. The van der Waals surface area contributed by atoms with Gasteiger partial charge in [-0.3, -0.25) is 10.1 Å². The Morgan fingerprint density at radius 2 is 2.25 bits per heavy atom. The maximum absolute atomic E-state index is 13.8. The number of hydrogen-bond donors (Lipinski definition) is 1. The molecule has 1 aromatic heterocycles. The van der Waals surface area contributed by atoms with E-state index in [0.717, 1.165) is 17.8 Å². The Morgan fingerprint density at radius 3 is 2.75 bits per heavy atom. The van der Waals surface area contributed by atoms with Crippen LogP contribution in [0.15, 0.2) is 28.5 Å². The van der Waals surface area contributed by atoms with Crippen molar-refractivity contribution < 1.29 is 19.2 Å². The van der Waals surface area contributed by atoms with Crippen LogP contribution in [0.4, 0.5) is 10.1 Å². The van der Waals surface area contributed by atoms with Crippen molar-refractivity contribution in [3.05, 3.63) is 40.0 Å². The van der Waals surface area contributed by atoms with Crippen LogP contribution in [-0.2, 0) is 7.05 Å². The fourth-order valence-corrected chi connectivity index (χ4v) is 2.23. The minimum Gasteiger partial charge on any atom is -0.477 e. The van der Waals surface area contributed by atoms with Crippen LogP contribution in [0.5, 0.6) is 0 Å². The SMILES string of the molecule is Cn1ncnc1Sc1cc(C(=O)O)c([N+](=O)[O-])cc1F. The summed E-state index contributed by atoms with van der Waals surface area (Å²) in [5, 5.41) is 23.8. The third kappa shape index (κ3) is 2.59. The third-order valence-electron chi connectivity index (χ3n) is 2.35. The predicted octanol–water partition coefficient (Wildman–Crippen LogP) is 1.71. The number of carbonyl (C=O) groups is 1. The first-order chi connectivity index (χ1) is 9.40. The Balaban J connectivity index is 2.50. The molecule has 0 fully saturated rings. The number of aryl methyl sites for hydroxylation is 1. The van der Waals surface area contributed by atoms with Crippen LogP contribution in [0, 0.1) is 15.9 Å². The standard InChI is InChI=1S/C10H7FN4O4S/c1-14-10(12-4-13-14)20-8-2-5(9(16)17)7(15(18)19)3-6(8)11/h2-4H,1H3,(H,16,17). The van der Waals surface area contributed by atoms with Crippen molar-refractivity contribution in [1.82, 2.24) is 14.8 Å². The van der Waals surface area contributed by atoms with E-state index in [1.165, 1.54) is 11.0 Å². The predicted molar refractivity (Wildman–Crippen MR) is 65.1 cm³/mol. The Bertz CT molecular complexity index is 703. The van der Waals surface area contributed by atoms with Gasteiger partial charge in [-0.25, -0.2) is 18.9 Å². The average molecular weight is 298 g/mol. The largest absolute Gasteiger partial charge is 0.477 e. The van der Waals surface area contributed by atoms with Gasteiger partial charge in [0, 0.05) is 7.05 Å². The molecular weight excluding hydrogens is 291 g/mol. The molecule has 20 heavy (non-hydrogen) atoms. The van der Waals surface area contributed by atoms with Gasteiger partial charge in [-0.05, 0) is 17.8 Å². The first-order valence-electron chi connectivity index (χ1n) is 5.13. The van der Waals surface area contributed by atoms with E-state index < -0.39 is 28.0 Å². The Labute approximate surface area is 115 Å². The number of nitrogens with zero attached hydrogens (tertiary/aromatic N) is 4. The zero-order valence-corrected chi connectivity index (χ0v) is 10.8. The molecule has 10 heteroatoms. The molecule has 2 rings (SSSR count). The molecule has 0 spiro atoms. The van der Waals surface area contributed by atoms with E-state index in [1.54, 1.807) is 7.05 Å². The molecule has 2 aromatic rings. The van der Waals surface area contributed by atoms with E-state index in [1.807, 2.05) is 0 Å². The lowest BCUT2D eigenvalue weighted by molar-refractivity contribution is -0.385. The number of nitro benzene ring substituents is 1. The number of rotatable bonds is 4. The molecule has 104 valence electrons. The Hall–Kier alpha value is -2.49. The monoisotopic (exact) mass is 298 g/mol. The number of hydrogen-bond acceptors (Lipinski definition) is 6. The topological polar surface area (TPSA) is 111 Å². The lowest BCUT2D eigenvalue weighted by atomic mass is 10.2. The quantitative estimate of drug-likeness (QED) is 0.675. The van der Waals surface area contributed by atoms with Gasteiger partial charge in [0.1, 0.15) is 17.7 Å². The summed E-state index contributed by atoms with van der Waals surface area (Å²) in [6.07, 6.45) is 1.25. The van der Waals surface area contributed by atoms with Gasteiger partial charge >= 0.3 is 5.97 Å². The van der Waals surface area contributed by atoms with Crippen LogP contribution in [0.2, 0.25) is 0 Å². The molecule has 0 saturated carbocycles. The van der Waals surface area contributed by atoms with E-state index >= 15 is 0 Å². The maximum atomic E-state index is 13.8. The molecule has 1 heterocycles. The van der Waals surface area contributed by atoms with E-state index in [4.69, 9.17) is 5.11 Å². The molecule has 0 atom stereocenters. The number of halogens is 1. The molecule has 0 aliphatic heterocycles. The molecule has 0 amide bonds. The van der Waals surface area contributed by atoms with Crippen molar-refractivity contribution in [2.75, 3.05) is 0 Å². The highest BCUT2D eigenvalue weighted by Crippen LogP contribution is 2.32. The van der Waals surface area contributed by atoms with Crippen LogP contribution < -0.4 is 0 Å². The fraction of sp³-hybridized carbons (Fsp3) is 0.100. The van der Waals surface area contributed by atoms with Crippen molar-refractivity contribution >= 4 is 23.4 Å². The van der Waals surface area contributed by atoms with Gasteiger partial charge in [0.15, 0.2) is 5.16 Å². The van der Waals surface area contributed by atoms with Crippen LogP contribution in [0.25, 0.3) is 0 Å². The summed E-state index contributed by atoms with van der Waals surface area (Å²) in [6, 6.07) is 1.50. The number of aromatic carboxylic acids is 1. The van der Waals surface area contributed by atoms with Crippen molar-refractivity contribution in [1.29, 1.82) is 0 Å². The minimum absolute atomic E-state index is 0.0795. The van der Waals surface area contributed by atoms with Crippen molar-refractivity contribution in [3.63, 3.8) is 0 Å². The van der Waals surface area contributed by atoms with E-state index in [9.17, 15) is 19.3 Å². The summed E-state index contributed by atoms with van der Waals surface area (Å²) in [5.74, 6) is -2.40. The zero-order chi connectivity index (χ0) is 14.9. The summed E-state index contributed by atoms with van der Waals surface area (Å²) >= 11 is 0.828. The molecule has 0 saturated heterocycles. The zero-order valence-electron chi connectivity index (χ0n) is 9.98. The summed E-state index contributed by atoms with van der Waals surface area (Å²) in [7, 11) is 1.58. The second-order valence-electron chi connectivity index (χ2n) is 3.63. The first kappa shape index (κ1) is 13.9. The number of carboxylic acid groups (broad SMARTS) is 1. The molecule has 0 radical (unpaired) electrons. The molecule has 0 bridgehead atoms. The normalized spacial score (nSPS) is 10.5. The van der Waals surface area contributed by atoms with Crippen molar-refractivity contribution in [2.45, 2.75) is 10.1 Å². The minimum atomic E-state index is -1.50. The van der Waals surface area contributed by atoms with Crippen molar-refractivity contribution in [3.8, 4) is 0 Å². The van der Waals surface area contributed by atoms with Gasteiger partial charge in [0.25, 0.3) is 5.69 Å². The average Bonchev–Trinajstić information content (AvgIpc) is 2.76. The lowest BCUT2D eigenvalue weighted by Crippen LogP contribution is -2.04. The molecule has 1 N–H and O–H groups in total. The smallest absolute Gasteiger partial charge is 0.342 e. The van der Waals surface area contributed by atoms with Crippen LogP contribution in [-0.4, -0.2) is 30.8 Å². The van der Waals surface area contributed by atoms with Gasteiger partial charge in [0.2, 0.25) is 0 Å². The fourth-order valence-electron chi connectivity index (χ4n) is 1.42. The number of benzene rings is 1. The Morgan fingerprint density at radius 1 is 1.55 bits per heavy atom. The molecule has 0 aliphatic rings. The second-order valence-corrected chi connectivity index (χ2v) is 4.64. The number of carboxylic acids is 1. The first-order valence-corrected chi connectivity index (χ1v) is 5.95. The number of aromatic nitrogens is 3.